The smallest absolute Gasteiger partial charge is 0.241 e. The summed E-state index contributed by atoms with van der Waals surface area (Å²) in [5, 5.41) is 13.0. The van der Waals surface area contributed by atoms with Gasteiger partial charge in [0.2, 0.25) is 5.91 Å². The van der Waals surface area contributed by atoms with Gasteiger partial charge < -0.3 is 5.32 Å². The monoisotopic (exact) mass is 480 g/mol. The number of amides is 1. The van der Waals surface area contributed by atoms with Crippen LogP contribution in [-0.2, 0) is 17.9 Å². The highest BCUT2D eigenvalue weighted by atomic mass is 79.9. The summed E-state index contributed by atoms with van der Waals surface area (Å²) < 4.78 is 4.58. The lowest BCUT2D eigenvalue weighted by molar-refractivity contribution is -0.121. The Hall–Kier alpha value is -3.00. The van der Waals surface area contributed by atoms with Crippen molar-refractivity contribution in [1.29, 1.82) is 0 Å². The lowest BCUT2D eigenvalue weighted by atomic mass is 10.0. The van der Waals surface area contributed by atoms with E-state index in [1.165, 1.54) is 5.56 Å². The maximum Gasteiger partial charge on any atom is 0.241 e. The molecule has 0 radical (unpaired) electrons. The molecule has 1 aromatic carbocycles. The summed E-state index contributed by atoms with van der Waals surface area (Å²) >= 11 is 3.53. The molecule has 8 heteroatoms. The molecule has 0 saturated carbocycles. The number of hydrogen-bond donors (Lipinski definition) is 1. The first-order valence-electron chi connectivity index (χ1n) is 10.2. The molecule has 0 aliphatic carbocycles. The van der Waals surface area contributed by atoms with Crippen molar-refractivity contribution in [3.8, 4) is 11.1 Å². The third-order valence-corrected chi connectivity index (χ3v) is 6.55. The molecule has 0 unspecified atom stereocenters. The fraction of sp³-hybridized carbons (Fsp3) is 0.304. The molecule has 0 atom stereocenters. The van der Waals surface area contributed by atoms with Gasteiger partial charge in [-0.3, -0.25) is 9.48 Å². The number of aryl methyl sites for hydroxylation is 3. The van der Waals surface area contributed by atoms with Gasteiger partial charge in [0.1, 0.15) is 6.54 Å². The number of nitrogens with zero attached hydrogens (tertiary/aromatic N) is 5. The van der Waals surface area contributed by atoms with Crippen molar-refractivity contribution in [2.24, 2.45) is 0 Å². The maximum absolute atomic E-state index is 12.6. The molecule has 7 nitrogen and oxygen atoms in total. The van der Waals surface area contributed by atoms with Crippen LogP contribution in [0.5, 0.6) is 0 Å². The van der Waals surface area contributed by atoms with E-state index in [-0.39, 0.29) is 12.5 Å². The fourth-order valence-electron chi connectivity index (χ4n) is 3.75. The number of fused-ring (bicyclic) bond motifs is 1. The van der Waals surface area contributed by atoms with Crippen LogP contribution in [0.2, 0.25) is 0 Å². The van der Waals surface area contributed by atoms with E-state index in [4.69, 9.17) is 0 Å². The van der Waals surface area contributed by atoms with Crippen molar-refractivity contribution < 1.29 is 4.79 Å². The molecule has 4 rings (SSSR count). The van der Waals surface area contributed by atoms with Gasteiger partial charge in [-0.05, 0) is 60.8 Å². The normalized spacial score (nSPS) is 11.3. The van der Waals surface area contributed by atoms with Crippen LogP contribution in [0.3, 0.4) is 0 Å². The Morgan fingerprint density at radius 3 is 2.39 bits per heavy atom. The van der Waals surface area contributed by atoms with Gasteiger partial charge in [0, 0.05) is 23.8 Å². The number of carbonyl (C=O) groups excluding carboxylic acids is 1. The number of pyridine rings is 1. The highest BCUT2D eigenvalue weighted by Gasteiger charge is 2.16. The molecule has 3 aromatic heterocycles. The first-order valence-corrected chi connectivity index (χ1v) is 11.0. The lowest BCUT2D eigenvalue weighted by Gasteiger charge is -2.08. The van der Waals surface area contributed by atoms with Gasteiger partial charge in [-0.15, -0.1) is 0 Å². The van der Waals surface area contributed by atoms with E-state index in [0.717, 1.165) is 38.1 Å². The van der Waals surface area contributed by atoms with Crippen LogP contribution < -0.4 is 5.32 Å². The zero-order chi connectivity index (χ0) is 22.1. The molecule has 0 spiro atoms. The molecule has 31 heavy (non-hydrogen) atoms. The average molecular weight is 481 g/mol. The second kappa shape index (κ2) is 8.63. The summed E-state index contributed by atoms with van der Waals surface area (Å²) in [6.45, 7) is 9.21. The summed E-state index contributed by atoms with van der Waals surface area (Å²) in [4.78, 5) is 17.1. The van der Waals surface area contributed by atoms with Crippen molar-refractivity contribution in [2.75, 3.05) is 6.54 Å². The minimum absolute atomic E-state index is 0.104. The van der Waals surface area contributed by atoms with Gasteiger partial charge in [0.05, 0.1) is 22.4 Å². The predicted molar refractivity (Wildman–Crippen MR) is 125 cm³/mol. The molecular formula is C23H25BrN6O. The number of rotatable bonds is 6. The fourth-order valence-corrected chi connectivity index (χ4v) is 4.04. The molecule has 4 aromatic rings. The highest BCUT2D eigenvalue weighted by molar-refractivity contribution is 9.10. The predicted octanol–water partition coefficient (Wildman–Crippen LogP) is 4.11. The molecule has 0 aliphatic heterocycles. The standard InChI is InChI=1S/C23H25BrN6O/c1-14-5-7-18(8-6-14)19-9-10-26-23-21(19)15(2)27-30(23)13-20(31)25-11-12-29-17(4)22(24)16(3)28-29/h5-10H,11-13H2,1-4H3,(H,25,31). The van der Waals surface area contributed by atoms with E-state index < -0.39 is 0 Å². The molecule has 160 valence electrons. The number of benzene rings is 1. The van der Waals surface area contributed by atoms with Gasteiger partial charge in [-0.25, -0.2) is 9.67 Å². The molecule has 1 amide bonds. The van der Waals surface area contributed by atoms with Gasteiger partial charge in [-0.2, -0.15) is 10.2 Å². The molecule has 1 N–H and O–H groups in total. The Morgan fingerprint density at radius 1 is 1.00 bits per heavy atom. The van der Waals surface area contributed by atoms with Gasteiger partial charge in [0.25, 0.3) is 0 Å². The number of aromatic nitrogens is 5. The molecule has 0 bridgehead atoms. The summed E-state index contributed by atoms with van der Waals surface area (Å²) in [6.07, 6.45) is 1.77. The zero-order valence-corrected chi connectivity index (χ0v) is 19.7. The van der Waals surface area contributed by atoms with Crippen molar-refractivity contribution >= 4 is 32.9 Å². The first kappa shape index (κ1) is 21.2. The summed E-state index contributed by atoms with van der Waals surface area (Å²) in [5.74, 6) is -0.104. The van der Waals surface area contributed by atoms with Crippen LogP contribution in [0.4, 0.5) is 0 Å². The maximum atomic E-state index is 12.6. The zero-order valence-electron chi connectivity index (χ0n) is 18.1. The first-order chi connectivity index (χ1) is 14.8. The van der Waals surface area contributed by atoms with E-state index in [0.29, 0.717) is 18.7 Å². The van der Waals surface area contributed by atoms with E-state index >= 15 is 0 Å². The van der Waals surface area contributed by atoms with E-state index in [9.17, 15) is 4.79 Å². The Labute approximate surface area is 189 Å². The largest absolute Gasteiger partial charge is 0.353 e. The van der Waals surface area contributed by atoms with Crippen LogP contribution in [0.1, 0.15) is 22.6 Å². The molecule has 0 aliphatic rings. The molecule has 0 saturated heterocycles. The third-order valence-electron chi connectivity index (χ3n) is 5.40. The van der Waals surface area contributed by atoms with Crippen molar-refractivity contribution in [3.63, 3.8) is 0 Å². The van der Waals surface area contributed by atoms with Crippen LogP contribution in [0, 0.1) is 27.7 Å². The number of hydrogen-bond acceptors (Lipinski definition) is 4. The Morgan fingerprint density at radius 2 is 1.71 bits per heavy atom. The minimum atomic E-state index is -0.104. The Kier molecular flexibility index (Phi) is 5.91. The Bertz CT molecular complexity index is 1260. The lowest BCUT2D eigenvalue weighted by Crippen LogP contribution is -2.31. The second-order valence-corrected chi connectivity index (χ2v) is 8.52. The van der Waals surface area contributed by atoms with Crippen molar-refractivity contribution in [3.05, 3.63) is 63.6 Å². The van der Waals surface area contributed by atoms with E-state index in [1.807, 2.05) is 31.5 Å². The van der Waals surface area contributed by atoms with Gasteiger partial charge in [-0.1, -0.05) is 29.8 Å². The summed E-state index contributed by atoms with van der Waals surface area (Å²) in [6, 6.07) is 10.4. The van der Waals surface area contributed by atoms with Gasteiger partial charge >= 0.3 is 0 Å². The van der Waals surface area contributed by atoms with E-state index in [2.05, 4.69) is 67.6 Å². The number of nitrogens with one attached hydrogen (secondary N) is 1. The van der Waals surface area contributed by atoms with E-state index in [1.54, 1.807) is 10.9 Å². The number of carbonyl (C=O) groups is 1. The minimum Gasteiger partial charge on any atom is -0.353 e. The summed E-state index contributed by atoms with van der Waals surface area (Å²) in [5.41, 5.74) is 6.97. The topological polar surface area (TPSA) is 77.6 Å². The quantitative estimate of drug-likeness (QED) is 0.450. The molecule has 0 fully saturated rings. The van der Waals surface area contributed by atoms with Crippen molar-refractivity contribution in [2.45, 2.75) is 40.8 Å². The SMILES string of the molecule is Cc1ccc(-c2ccnc3c2c(C)nn3CC(=O)NCCn2nc(C)c(Br)c2C)cc1. The van der Waals surface area contributed by atoms with Crippen molar-refractivity contribution in [1.82, 2.24) is 29.9 Å². The highest BCUT2D eigenvalue weighted by Crippen LogP contribution is 2.30. The van der Waals surface area contributed by atoms with Crippen LogP contribution in [0.15, 0.2) is 41.0 Å². The Balaban J connectivity index is 1.49. The van der Waals surface area contributed by atoms with Crippen LogP contribution in [-0.4, -0.2) is 37.0 Å². The molecular weight excluding hydrogens is 456 g/mol. The van der Waals surface area contributed by atoms with Crippen LogP contribution >= 0.6 is 15.9 Å². The third kappa shape index (κ3) is 4.25. The number of halogens is 1. The summed E-state index contributed by atoms with van der Waals surface area (Å²) in [7, 11) is 0. The van der Waals surface area contributed by atoms with Crippen LogP contribution in [0.25, 0.3) is 22.2 Å². The molecule has 3 heterocycles. The average Bonchev–Trinajstić information content (AvgIpc) is 3.19. The van der Waals surface area contributed by atoms with Gasteiger partial charge in [0.15, 0.2) is 5.65 Å². The second-order valence-electron chi connectivity index (χ2n) is 7.72.